The summed E-state index contributed by atoms with van der Waals surface area (Å²) in [6.45, 7) is 3.68. The quantitative estimate of drug-likeness (QED) is 0.755. The number of hydrogen-bond acceptors (Lipinski definition) is 5. The molecule has 1 aliphatic heterocycles. The van der Waals surface area contributed by atoms with Crippen molar-refractivity contribution in [1.82, 2.24) is 0 Å². The minimum Gasteiger partial charge on any atom is -0.452 e. The van der Waals surface area contributed by atoms with Crippen molar-refractivity contribution >= 4 is 40.9 Å². The summed E-state index contributed by atoms with van der Waals surface area (Å²) in [5.74, 6) is -0.603. The lowest BCUT2D eigenvalue weighted by atomic mass is 10.2. The molecule has 7 heteroatoms. The van der Waals surface area contributed by atoms with E-state index in [2.05, 4.69) is 5.32 Å². The van der Waals surface area contributed by atoms with Crippen LogP contribution in [0.2, 0.25) is 0 Å². The van der Waals surface area contributed by atoms with Gasteiger partial charge in [0.15, 0.2) is 6.10 Å². The lowest BCUT2D eigenvalue weighted by molar-refractivity contribution is -0.152. The second-order valence-electron chi connectivity index (χ2n) is 6.54. The summed E-state index contributed by atoms with van der Waals surface area (Å²) >= 11 is 1.49. The molecule has 2 amide bonds. The van der Waals surface area contributed by atoms with Crippen LogP contribution in [0.3, 0.4) is 0 Å². The van der Waals surface area contributed by atoms with Crippen LogP contribution in [0.25, 0.3) is 0 Å². The van der Waals surface area contributed by atoms with Crippen molar-refractivity contribution in [2.24, 2.45) is 0 Å². The number of para-hydroxylation sites is 1. The van der Waals surface area contributed by atoms with Crippen molar-refractivity contribution in [2.45, 2.75) is 31.3 Å². The number of anilines is 2. The Balaban J connectivity index is 1.53. The number of rotatable bonds is 6. The second kappa shape index (κ2) is 8.93. The fraction of sp³-hybridized carbons (Fsp3) is 0.286. The molecule has 1 atom stereocenters. The zero-order valence-electron chi connectivity index (χ0n) is 15.8. The summed E-state index contributed by atoms with van der Waals surface area (Å²) < 4.78 is 5.23. The second-order valence-corrected chi connectivity index (χ2v) is 7.56. The summed E-state index contributed by atoms with van der Waals surface area (Å²) in [5.41, 5.74) is 2.48. The molecule has 2 aromatic carbocycles. The monoisotopic (exact) mass is 398 g/mol. The first-order valence-corrected chi connectivity index (χ1v) is 10.0. The minimum atomic E-state index is -0.923. The molecule has 0 saturated heterocycles. The molecule has 0 spiro atoms. The fourth-order valence-electron chi connectivity index (χ4n) is 2.88. The SMILES string of the molecule is Cc1cccc(NC(=O)[C@@H](C)OC(=O)CCN2C(=O)CSc3ccccc32)c1. The van der Waals surface area contributed by atoms with Crippen molar-refractivity contribution in [1.29, 1.82) is 0 Å². The van der Waals surface area contributed by atoms with Gasteiger partial charge in [-0.2, -0.15) is 0 Å². The van der Waals surface area contributed by atoms with E-state index in [0.29, 0.717) is 11.4 Å². The fourth-order valence-corrected chi connectivity index (χ4v) is 3.81. The van der Waals surface area contributed by atoms with E-state index in [0.717, 1.165) is 16.1 Å². The topological polar surface area (TPSA) is 75.7 Å². The van der Waals surface area contributed by atoms with Crippen LogP contribution in [-0.2, 0) is 19.1 Å². The Labute approximate surface area is 168 Å². The third-order valence-electron chi connectivity index (χ3n) is 4.31. The van der Waals surface area contributed by atoms with Crippen molar-refractivity contribution < 1.29 is 19.1 Å². The molecular formula is C21H22N2O4S. The van der Waals surface area contributed by atoms with Gasteiger partial charge in [-0.05, 0) is 43.7 Å². The third kappa shape index (κ3) is 4.92. The van der Waals surface area contributed by atoms with Gasteiger partial charge in [0, 0.05) is 17.1 Å². The normalized spacial score (nSPS) is 14.2. The van der Waals surface area contributed by atoms with Gasteiger partial charge in [-0.3, -0.25) is 14.4 Å². The number of carbonyl (C=O) groups is 3. The van der Waals surface area contributed by atoms with E-state index in [1.54, 1.807) is 11.0 Å². The summed E-state index contributed by atoms with van der Waals surface area (Å²) in [4.78, 5) is 39.2. The number of esters is 1. The molecule has 0 unspecified atom stereocenters. The van der Waals surface area contributed by atoms with Crippen molar-refractivity contribution in [3.63, 3.8) is 0 Å². The maximum atomic E-state index is 12.2. The summed E-state index contributed by atoms with van der Waals surface area (Å²) in [6.07, 6.45) is -0.903. The Bertz CT molecular complexity index is 899. The van der Waals surface area contributed by atoms with E-state index in [1.165, 1.54) is 18.7 Å². The lowest BCUT2D eigenvalue weighted by Gasteiger charge is -2.28. The van der Waals surface area contributed by atoms with E-state index in [1.807, 2.05) is 49.4 Å². The van der Waals surface area contributed by atoms with Gasteiger partial charge in [-0.15, -0.1) is 11.8 Å². The first-order valence-electron chi connectivity index (χ1n) is 9.03. The van der Waals surface area contributed by atoms with Crippen LogP contribution in [0, 0.1) is 6.92 Å². The Hall–Kier alpha value is -2.80. The smallest absolute Gasteiger partial charge is 0.308 e. The highest BCUT2D eigenvalue weighted by molar-refractivity contribution is 8.00. The van der Waals surface area contributed by atoms with E-state index >= 15 is 0 Å². The number of aryl methyl sites for hydroxylation is 1. The van der Waals surface area contributed by atoms with Gasteiger partial charge in [0.25, 0.3) is 5.91 Å². The predicted octanol–water partition coefficient (Wildman–Crippen LogP) is 3.39. The molecule has 1 heterocycles. The van der Waals surface area contributed by atoms with Gasteiger partial charge in [-0.25, -0.2) is 0 Å². The number of thioether (sulfide) groups is 1. The number of amides is 2. The van der Waals surface area contributed by atoms with E-state index in [-0.39, 0.29) is 18.9 Å². The number of nitrogens with one attached hydrogen (secondary N) is 1. The zero-order valence-corrected chi connectivity index (χ0v) is 16.6. The van der Waals surface area contributed by atoms with Crippen molar-refractivity contribution in [3.8, 4) is 0 Å². The molecule has 6 nitrogen and oxygen atoms in total. The average molecular weight is 398 g/mol. The van der Waals surface area contributed by atoms with Crippen LogP contribution in [-0.4, -0.2) is 36.2 Å². The van der Waals surface area contributed by atoms with Crippen molar-refractivity contribution in [2.75, 3.05) is 22.5 Å². The summed E-state index contributed by atoms with van der Waals surface area (Å²) in [5, 5.41) is 2.73. The van der Waals surface area contributed by atoms with E-state index in [9.17, 15) is 14.4 Å². The van der Waals surface area contributed by atoms with Gasteiger partial charge in [0.1, 0.15) is 0 Å². The van der Waals surface area contributed by atoms with Gasteiger partial charge < -0.3 is 15.0 Å². The molecule has 28 heavy (non-hydrogen) atoms. The first kappa shape index (κ1) is 19.9. The largest absolute Gasteiger partial charge is 0.452 e. The Kier molecular flexibility index (Phi) is 6.36. The Morgan fingerprint density at radius 1 is 1.21 bits per heavy atom. The van der Waals surface area contributed by atoms with Crippen LogP contribution in [0.1, 0.15) is 18.9 Å². The van der Waals surface area contributed by atoms with E-state index in [4.69, 9.17) is 4.74 Å². The summed E-state index contributed by atoms with van der Waals surface area (Å²) in [6, 6.07) is 15.0. The third-order valence-corrected chi connectivity index (χ3v) is 5.36. The van der Waals surface area contributed by atoms with Crippen LogP contribution in [0.5, 0.6) is 0 Å². The number of benzene rings is 2. The Morgan fingerprint density at radius 2 is 2.00 bits per heavy atom. The molecule has 1 aliphatic rings. The first-order chi connectivity index (χ1) is 13.4. The van der Waals surface area contributed by atoms with Gasteiger partial charge in [0.2, 0.25) is 5.91 Å². The van der Waals surface area contributed by atoms with Crippen LogP contribution >= 0.6 is 11.8 Å². The number of fused-ring (bicyclic) bond motifs is 1. The average Bonchev–Trinajstić information content (AvgIpc) is 2.67. The molecule has 0 fully saturated rings. The summed E-state index contributed by atoms with van der Waals surface area (Å²) in [7, 11) is 0. The molecule has 1 N–H and O–H groups in total. The highest BCUT2D eigenvalue weighted by Crippen LogP contribution is 2.34. The van der Waals surface area contributed by atoms with Crippen molar-refractivity contribution in [3.05, 3.63) is 54.1 Å². The van der Waals surface area contributed by atoms with Gasteiger partial charge in [-0.1, -0.05) is 24.3 Å². The van der Waals surface area contributed by atoms with Crippen LogP contribution < -0.4 is 10.2 Å². The minimum absolute atomic E-state index is 0.0206. The molecule has 0 bridgehead atoms. The lowest BCUT2D eigenvalue weighted by Crippen LogP contribution is -2.38. The number of nitrogens with zero attached hydrogens (tertiary/aromatic N) is 1. The number of hydrogen-bond donors (Lipinski definition) is 1. The molecule has 0 saturated carbocycles. The molecule has 146 valence electrons. The van der Waals surface area contributed by atoms with E-state index < -0.39 is 18.0 Å². The molecule has 0 aliphatic carbocycles. The Morgan fingerprint density at radius 3 is 2.79 bits per heavy atom. The molecule has 3 rings (SSSR count). The number of ether oxygens (including phenoxy) is 1. The van der Waals surface area contributed by atoms with Crippen LogP contribution in [0.4, 0.5) is 11.4 Å². The highest BCUT2D eigenvalue weighted by Gasteiger charge is 2.25. The predicted molar refractivity (Wildman–Crippen MR) is 109 cm³/mol. The maximum Gasteiger partial charge on any atom is 0.308 e. The molecule has 2 aromatic rings. The van der Waals surface area contributed by atoms with Gasteiger partial charge >= 0.3 is 5.97 Å². The van der Waals surface area contributed by atoms with Gasteiger partial charge in [0.05, 0.1) is 17.9 Å². The molecular weight excluding hydrogens is 376 g/mol. The highest BCUT2D eigenvalue weighted by atomic mass is 32.2. The standard InChI is InChI=1S/C21H22N2O4S/c1-14-6-5-7-16(12-14)22-21(26)15(2)27-20(25)10-11-23-17-8-3-4-9-18(17)28-13-19(23)24/h3-9,12,15H,10-11,13H2,1-2H3,(H,22,26)/t15-/m1/s1. The molecule has 0 radical (unpaired) electrons. The zero-order chi connectivity index (χ0) is 20.1. The molecule has 0 aromatic heterocycles. The van der Waals surface area contributed by atoms with Crippen LogP contribution in [0.15, 0.2) is 53.4 Å². The maximum absolute atomic E-state index is 12.2. The number of carbonyl (C=O) groups excluding carboxylic acids is 3.